The molecule has 0 aliphatic carbocycles. The molecule has 112 valence electrons. The number of fused-ring (bicyclic) bond motifs is 1. The van der Waals surface area contributed by atoms with Crippen molar-refractivity contribution in [2.75, 3.05) is 11.5 Å². The smallest absolute Gasteiger partial charge is 0.266 e. The van der Waals surface area contributed by atoms with Crippen molar-refractivity contribution in [3.63, 3.8) is 0 Å². The number of benzene rings is 2. The average Bonchev–Trinajstić information content (AvgIpc) is 2.75. The van der Waals surface area contributed by atoms with Crippen LogP contribution in [0.1, 0.15) is 33.2 Å². The molecule has 2 aromatic rings. The van der Waals surface area contributed by atoms with Gasteiger partial charge in [0.1, 0.15) is 5.75 Å². The average molecular weight is 360 g/mol. The van der Waals surface area contributed by atoms with Gasteiger partial charge in [-0.25, -0.2) is 4.90 Å². The number of nitrogens with zero attached hydrogens (tertiary/aromatic N) is 1. The zero-order valence-electron chi connectivity index (χ0n) is 12.2. The van der Waals surface area contributed by atoms with E-state index < -0.39 is 0 Å². The summed E-state index contributed by atoms with van der Waals surface area (Å²) >= 11 is 3.41. The van der Waals surface area contributed by atoms with Gasteiger partial charge in [0.05, 0.1) is 23.4 Å². The summed E-state index contributed by atoms with van der Waals surface area (Å²) in [5.74, 6) is 0.0527. The molecule has 0 unspecified atom stereocenters. The third-order valence-electron chi connectivity index (χ3n) is 3.63. The number of carbonyl (C=O) groups excluding carboxylic acids is 2. The number of halogens is 1. The number of hydrogen-bond acceptors (Lipinski definition) is 3. The summed E-state index contributed by atoms with van der Waals surface area (Å²) in [5.41, 5.74) is 2.18. The normalized spacial score (nSPS) is 13.5. The van der Waals surface area contributed by atoms with Gasteiger partial charge >= 0.3 is 0 Å². The third-order valence-corrected chi connectivity index (χ3v) is 4.09. The molecule has 0 saturated heterocycles. The molecule has 0 spiro atoms. The number of hydrogen-bond donors (Lipinski definition) is 0. The first kappa shape index (κ1) is 14.8. The topological polar surface area (TPSA) is 46.6 Å². The second-order valence-corrected chi connectivity index (χ2v) is 5.89. The van der Waals surface area contributed by atoms with Crippen LogP contribution in [0.25, 0.3) is 0 Å². The standard InChI is InChI=1S/C17H14BrNO3/c1-3-22-15-9-11(18)8-14(10(15)2)19-16(20)12-6-4-5-7-13(12)17(19)21/h4-9H,3H2,1-2H3. The summed E-state index contributed by atoms with van der Waals surface area (Å²) in [6.45, 7) is 4.25. The first-order chi connectivity index (χ1) is 10.5. The lowest BCUT2D eigenvalue weighted by molar-refractivity contribution is 0.0926. The first-order valence-electron chi connectivity index (χ1n) is 6.95. The van der Waals surface area contributed by atoms with E-state index in [1.807, 2.05) is 19.9 Å². The monoisotopic (exact) mass is 359 g/mol. The van der Waals surface area contributed by atoms with E-state index in [4.69, 9.17) is 4.74 Å². The van der Waals surface area contributed by atoms with Crippen molar-refractivity contribution in [3.05, 3.63) is 57.6 Å². The zero-order valence-corrected chi connectivity index (χ0v) is 13.8. The Labute approximate surface area is 136 Å². The van der Waals surface area contributed by atoms with Crippen LogP contribution in [-0.2, 0) is 0 Å². The minimum atomic E-state index is -0.302. The Morgan fingerprint density at radius 3 is 2.23 bits per heavy atom. The molecule has 2 amide bonds. The van der Waals surface area contributed by atoms with Crippen LogP contribution in [-0.4, -0.2) is 18.4 Å². The Kier molecular flexibility index (Phi) is 3.74. The molecule has 0 fully saturated rings. The number of rotatable bonds is 3. The Morgan fingerprint density at radius 1 is 1.09 bits per heavy atom. The maximum atomic E-state index is 12.6. The number of carbonyl (C=O) groups is 2. The molecule has 0 atom stereocenters. The minimum Gasteiger partial charge on any atom is -0.493 e. The molecule has 0 radical (unpaired) electrons. The lowest BCUT2D eigenvalue weighted by atomic mass is 10.1. The van der Waals surface area contributed by atoms with Gasteiger partial charge in [-0.2, -0.15) is 0 Å². The van der Waals surface area contributed by atoms with Crippen LogP contribution in [0.3, 0.4) is 0 Å². The first-order valence-corrected chi connectivity index (χ1v) is 7.74. The predicted molar refractivity (Wildman–Crippen MR) is 87.6 cm³/mol. The SMILES string of the molecule is CCOc1cc(Br)cc(N2C(=O)c3ccccc3C2=O)c1C. The largest absolute Gasteiger partial charge is 0.493 e. The quantitative estimate of drug-likeness (QED) is 0.779. The molecule has 3 rings (SSSR count). The van der Waals surface area contributed by atoms with E-state index in [0.29, 0.717) is 29.2 Å². The molecular formula is C17H14BrNO3. The number of imide groups is 1. The van der Waals surface area contributed by atoms with E-state index in [1.165, 1.54) is 4.90 Å². The van der Waals surface area contributed by atoms with E-state index in [-0.39, 0.29) is 11.8 Å². The lowest BCUT2D eigenvalue weighted by Crippen LogP contribution is -2.30. The van der Waals surface area contributed by atoms with Crippen molar-refractivity contribution in [2.45, 2.75) is 13.8 Å². The lowest BCUT2D eigenvalue weighted by Gasteiger charge is -2.19. The Balaban J connectivity index is 2.14. The molecule has 0 bridgehead atoms. The highest BCUT2D eigenvalue weighted by Crippen LogP contribution is 2.37. The summed E-state index contributed by atoms with van der Waals surface area (Å²) in [7, 11) is 0. The maximum Gasteiger partial charge on any atom is 0.266 e. The highest BCUT2D eigenvalue weighted by Gasteiger charge is 2.37. The van der Waals surface area contributed by atoms with Crippen LogP contribution in [0.5, 0.6) is 5.75 Å². The molecule has 2 aromatic carbocycles. The molecule has 4 nitrogen and oxygen atoms in total. The zero-order chi connectivity index (χ0) is 15.9. The minimum absolute atomic E-state index is 0.302. The maximum absolute atomic E-state index is 12.6. The summed E-state index contributed by atoms with van der Waals surface area (Å²) in [5, 5.41) is 0. The molecule has 1 heterocycles. The van der Waals surface area contributed by atoms with Gasteiger partial charge in [0.25, 0.3) is 11.8 Å². The van der Waals surface area contributed by atoms with Crippen molar-refractivity contribution < 1.29 is 14.3 Å². The molecule has 0 aromatic heterocycles. The van der Waals surface area contributed by atoms with Crippen LogP contribution < -0.4 is 9.64 Å². The van der Waals surface area contributed by atoms with Crippen LogP contribution >= 0.6 is 15.9 Å². The molecule has 0 N–H and O–H groups in total. The fourth-order valence-electron chi connectivity index (χ4n) is 2.59. The van der Waals surface area contributed by atoms with Crippen molar-refractivity contribution >= 4 is 33.4 Å². The summed E-state index contributed by atoms with van der Waals surface area (Å²) in [4.78, 5) is 26.4. The molecule has 5 heteroatoms. The van der Waals surface area contributed by atoms with Gasteiger partial charge in [-0.1, -0.05) is 28.1 Å². The molecule has 1 aliphatic rings. The number of ether oxygens (including phenoxy) is 1. The van der Waals surface area contributed by atoms with Gasteiger partial charge < -0.3 is 4.74 Å². The van der Waals surface area contributed by atoms with Gasteiger partial charge in [-0.05, 0) is 38.1 Å². The second kappa shape index (κ2) is 5.57. The van der Waals surface area contributed by atoms with Crippen molar-refractivity contribution in [1.29, 1.82) is 0 Å². The molecule has 1 aliphatic heterocycles. The van der Waals surface area contributed by atoms with Crippen LogP contribution in [0.15, 0.2) is 40.9 Å². The molecule has 22 heavy (non-hydrogen) atoms. The Hall–Kier alpha value is -2.14. The fraction of sp³-hybridized carbons (Fsp3) is 0.176. The van der Waals surface area contributed by atoms with E-state index in [0.717, 1.165) is 10.0 Å². The highest BCUT2D eigenvalue weighted by molar-refractivity contribution is 9.10. The van der Waals surface area contributed by atoms with Crippen molar-refractivity contribution in [1.82, 2.24) is 0 Å². The molecule has 0 saturated carbocycles. The van der Waals surface area contributed by atoms with Crippen LogP contribution in [0.4, 0.5) is 5.69 Å². The van der Waals surface area contributed by atoms with Gasteiger partial charge in [-0.15, -0.1) is 0 Å². The van der Waals surface area contributed by atoms with Crippen LogP contribution in [0, 0.1) is 6.92 Å². The van der Waals surface area contributed by atoms with Gasteiger partial charge in [0.2, 0.25) is 0 Å². The molecular weight excluding hydrogens is 346 g/mol. The van der Waals surface area contributed by atoms with Gasteiger partial charge in [0.15, 0.2) is 0 Å². The summed E-state index contributed by atoms with van der Waals surface area (Å²) in [6, 6.07) is 10.5. The summed E-state index contributed by atoms with van der Waals surface area (Å²) < 4.78 is 6.34. The highest BCUT2D eigenvalue weighted by atomic mass is 79.9. The van der Waals surface area contributed by atoms with E-state index in [9.17, 15) is 9.59 Å². The van der Waals surface area contributed by atoms with Gasteiger partial charge in [0, 0.05) is 10.0 Å². The van der Waals surface area contributed by atoms with E-state index in [1.54, 1.807) is 30.3 Å². The summed E-state index contributed by atoms with van der Waals surface area (Å²) in [6.07, 6.45) is 0. The van der Waals surface area contributed by atoms with Crippen molar-refractivity contribution in [3.8, 4) is 5.75 Å². The van der Waals surface area contributed by atoms with E-state index >= 15 is 0 Å². The number of anilines is 1. The third kappa shape index (κ3) is 2.22. The Morgan fingerprint density at radius 2 is 1.68 bits per heavy atom. The van der Waals surface area contributed by atoms with Crippen LogP contribution in [0.2, 0.25) is 0 Å². The van der Waals surface area contributed by atoms with Crippen molar-refractivity contribution in [2.24, 2.45) is 0 Å². The number of amides is 2. The fourth-order valence-corrected chi connectivity index (χ4v) is 3.01. The van der Waals surface area contributed by atoms with Gasteiger partial charge in [-0.3, -0.25) is 9.59 Å². The Bertz CT molecular complexity index is 750. The van der Waals surface area contributed by atoms with E-state index in [2.05, 4.69) is 15.9 Å². The predicted octanol–water partition coefficient (Wildman–Crippen LogP) is 3.96. The second-order valence-electron chi connectivity index (χ2n) is 4.97.